The van der Waals surface area contributed by atoms with Crippen molar-refractivity contribution in [2.75, 3.05) is 6.54 Å². The van der Waals surface area contributed by atoms with Crippen LogP contribution in [0.15, 0.2) is 0 Å². The fraction of sp³-hybridized carbons (Fsp3) is 1.00. The smallest absolute Gasteiger partial charge is 0.0186 e. The van der Waals surface area contributed by atoms with Gasteiger partial charge in [-0.2, -0.15) is 0 Å². The Labute approximate surface area is 116 Å². The lowest BCUT2D eigenvalue weighted by Gasteiger charge is -2.48. The Morgan fingerprint density at radius 3 is 1.83 bits per heavy atom. The molecule has 0 radical (unpaired) electrons. The molecule has 0 spiro atoms. The van der Waals surface area contributed by atoms with Gasteiger partial charge in [0.15, 0.2) is 0 Å². The molecule has 0 aliphatic carbocycles. The highest BCUT2D eigenvalue weighted by atomic mass is 15.2. The standard InChI is InChI=1S/C17H37N/c1-9-11-13-18(15(5)6)17(7,8)16(12-10-2)14(3)4/h14-16H,9-13H2,1-8H3. The highest BCUT2D eigenvalue weighted by Crippen LogP contribution is 2.35. The molecule has 1 unspecified atom stereocenters. The first-order valence-electron chi connectivity index (χ1n) is 8.05. The Balaban J connectivity index is 4.97. The van der Waals surface area contributed by atoms with Crippen LogP contribution in [-0.2, 0) is 0 Å². The molecular weight excluding hydrogens is 218 g/mol. The monoisotopic (exact) mass is 255 g/mol. The number of hydrogen-bond acceptors (Lipinski definition) is 1. The minimum absolute atomic E-state index is 0.313. The van der Waals surface area contributed by atoms with E-state index in [0.29, 0.717) is 11.6 Å². The van der Waals surface area contributed by atoms with Gasteiger partial charge in [-0.15, -0.1) is 0 Å². The summed E-state index contributed by atoms with van der Waals surface area (Å²) >= 11 is 0. The van der Waals surface area contributed by atoms with Crippen LogP contribution < -0.4 is 0 Å². The normalized spacial score (nSPS) is 14.8. The van der Waals surface area contributed by atoms with Gasteiger partial charge in [0.1, 0.15) is 0 Å². The van der Waals surface area contributed by atoms with Crippen molar-refractivity contribution in [2.24, 2.45) is 11.8 Å². The largest absolute Gasteiger partial charge is 0.296 e. The maximum Gasteiger partial charge on any atom is 0.0186 e. The molecule has 18 heavy (non-hydrogen) atoms. The average molecular weight is 255 g/mol. The van der Waals surface area contributed by atoms with Crippen LogP contribution in [0.3, 0.4) is 0 Å². The Kier molecular flexibility index (Phi) is 8.18. The van der Waals surface area contributed by atoms with Crippen LogP contribution in [0.4, 0.5) is 0 Å². The van der Waals surface area contributed by atoms with Crippen LogP contribution in [0.1, 0.15) is 81.1 Å². The van der Waals surface area contributed by atoms with E-state index in [0.717, 1.165) is 11.8 Å². The fourth-order valence-corrected chi connectivity index (χ4v) is 3.57. The number of rotatable bonds is 9. The molecule has 0 aliphatic rings. The van der Waals surface area contributed by atoms with E-state index in [9.17, 15) is 0 Å². The van der Waals surface area contributed by atoms with E-state index in [4.69, 9.17) is 0 Å². The molecule has 0 N–H and O–H groups in total. The molecule has 0 fully saturated rings. The zero-order chi connectivity index (χ0) is 14.3. The molecule has 0 aromatic heterocycles. The topological polar surface area (TPSA) is 3.24 Å². The van der Waals surface area contributed by atoms with Gasteiger partial charge >= 0.3 is 0 Å². The molecule has 110 valence electrons. The van der Waals surface area contributed by atoms with E-state index in [-0.39, 0.29) is 0 Å². The first kappa shape index (κ1) is 18.0. The summed E-state index contributed by atoms with van der Waals surface area (Å²) in [4.78, 5) is 2.73. The quantitative estimate of drug-likeness (QED) is 0.537. The molecule has 0 aromatic carbocycles. The third-order valence-corrected chi connectivity index (χ3v) is 4.43. The third kappa shape index (κ3) is 4.91. The van der Waals surface area contributed by atoms with Gasteiger partial charge in [-0.25, -0.2) is 0 Å². The third-order valence-electron chi connectivity index (χ3n) is 4.43. The van der Waals surface area contributed by atoms with Crippen molar-refractivity contribution in [3.8, 4) is 0 Å². The Bertz CT molecular complexity index is 206. The second kappa shape index (κ2) is 8.19. The van der Waals surface area contributed by atoms with Crippen LogP contribution in [0, 0.1) is 11.8 Å². The van der Waals surface area contributed by atoms with Crippen LogP contribution in [-0.4, -0.2) is 23.0 Å². The lowest BCUT2D eigenvalue weighted by molar-refractivity contribution is 0.0107. The van der Waals surface area contributed by atoms with Crippen molar-refractivity contribution >= 4 is 0 Å². The van der Waals surface area contributed by atoms with Gasteiger partial charge in [-0.1, -0.05) is 40.5 Å². The predicted octanol–water partition coefficient (Wildman–Crippen LogP) is 5.35. The first-order valence-corrected chi connectivity index (χ1v) is 8.05. The summed E-state index contributed by atoms with van der Waals surface area (Å²) in [5.41, 5.74) is 0.313. The van der Waals surface area contributed by atoms with E-state index < -0.39 is 0 Å². The lowest BCUT2D eigenvalue weighted by atomic mass is 9.75. The lowest BCUT2D eigenvalue weighted by Crippen LogP contribution is -2.54. The Morgan fingerprint density at radius 2 is 1.50 bits per heavy atom. The summed E-state index contributed by atoms with van der Waals surface area (Å²) < 4.78 is 0. The number of nitrogens with zero attached hydrogens (tertiary/aromatic N) is 1. The van der Waals surface area contributed by atoms with Gasteiger partial charge in [-0.3, -0.25) is 4.90 Å². The van der Waals surface area contributed by atoms with Crippen molar-refractivity contribution in [1.82, 2.24) is 4.90 Å². The molecule has 0 amide bonds. The number of unbranched alkanes of at least 4 members (excludes halogenated alkanes) is 1. The summed E-state index contributed by atoms with van der Waals surface area (Å²) in [5, 5.41) is 0. The number of hydrogen-bond donors (Lipinski definition) is 0. The molecule has 0 bridgehead atoms. The Hall–Kier alpha value is -0.0400. The molecule has 0 saturated heterocycles. The van der Waals surface area contributed by atoms with Gasteiger partial charge in [0, 0.05) is 11.6 Å². The zero-order valence-electron chi connectivity index (χ0n) is 14.2. The second-order valence-electron chi connectivity index (χ2n) is 6.93. The van der Waals surface area contributed by atoms with Crippen molar-refractivity contribution in [2.45, 2.75) is 92.7 Å². The second-order valence-corrected chi connectivity index (χ2v) is 6.93. The first-order chi connectivity index (χ1) is 8.28. The van der Waals surface area contributed by atoms with E-state index in [1.165, 1.54) is 32.2 Å². The van der Waals surface area contributed by atoms with Crippen LogP contribution in [0.5, 0.6) is 0 Å². The summed E-state index contributed by atoms with van der Waals surface area (Å²) in [7, 11) is 0. The Morgan fingerprint density at radius 1 is 0.944 bits per heavy atom. The van der Waals surface area contributed by atoms with Gasteiger partial charge in [0.25, 0.3) is 0 Å². The van der Waals surface area contributed by atoms with E-state index in [1.807, 2.05) is 0 Å². The minimum atomic E-state index is 0.313. The summed E-state index contributed by atoms with van der Waals surface area (Å²) in [6.07, 6.45) is 5.25. The molecule has 0 aliphatic heterocycles. The van der Waals surface area contributed by atoms with E-state index in [2.05, 4.69) is 60.3 Å². The van der Waals surface area contributed by atoms with Crippen molar-refractivity contribution in [1.29, 1.82) is 0 Å². The fourth-order valence-electron chi connectivity index (χ4n) is 3.57. The van der Waals surface area contributed by atoms with Crippen LogP contribution in [0.25, 0.3) is 0 Å². The minimum Gasteiger partial charge on any atom is -0.296 e. The molecule has 1 heteroatoms. The van der Waals surface area contributed by atoms with Crippen LogP contribution >= 0.6 is 0 Å². The van der Waals surface area contributed by atoms with Gasteiger partial charge in [0.2, 0.25) is 0 Å². The molecule has 1 nitrogen and oxygen atoms in total. The molecule has 0 aromatic rings. The summed E-state index contributed by atoms with van der Waals surface area (Å²) in [6, 6.07) is 0.643. The molecular formula is C17H37N. The van der Waals surface area contributed by atoms with Gasteiger partial charge < -0.3 is 0 Å². The SMILES string of the molecule is CCCCN(C(C)C)C(C)(C)C(CCC)C(C)C. The molecule has 0 saturated carbocycles. The highest BCUT2D eigenvalue weighted by molar-refractivity contribution is 4.91. The van der Waals surface area contributed by atoms with Crippen LogP contribution in [0.2, 0.25) is 0 Å². The summed E-state index contributed by atoms with van der Waals surface area (Å²) in [5.74, 6) is 1.56. The van der Waals surface area contributed by atoms with E-state index in [1.54, 1.807) is 0 Å². The molecule has 0 heterocycles. The maximum absolute atomic E-state index is 2.73. The van der Waals surface area contributed by atoms with Crippen molar-refractivity contribution < 1.29 is 0 Å². The van der Waals surface area contributed by atoms with E-state index >= 15 is 0 Å². The van der Waals surface area contributed by atoms with Gasteiger partial charge in [-0.05, 0) is 58.9 Å². The predicted molar refractivity (Wildman–Crippen MR) is 84.1 cm³/mol. The molecule has 0 rings (SSSR count). The van der Waals surface area contributed by atoms with Crippen molar-refractivity contribution in [3.63, 3.8) is 0 Å². The highest BCUT2D eigenvalue weighted by Gasteiger charge is 2.37. The van der Waals surface area contributed by atoms with Crippen molar-refractivity contribution in [3.05, 3.63) is 0 Å². The maximum atomic E-state index is 2.73. The summed E-state index contributed by atoms with van der Waals surface area (Å²) in [6.45, 7) is 20.2. The zero-order valence-corrected chi connectivity index (χ0v) is 14.2. The molecule has 1 atom stereocenters. The van der Waals surface area contributed by atoms with Gasteiger partial charge in [0.05, 0.1) is 0 Å². The average Bonchev–Trinajstić information content (AvgIpc) is 2.24.